The Morgan fingerprint density at radius 3 is 2.63 bits per heavy atom. The molecule has 0 aliphatic carbocycles. The highest BCUT2D eigenvalue weighted by molar-refractivity contribution is 6.31. The van der Waals surface area contributed by atoms with E-state index < -0.39 is 0 Å². The summed E-state index contributed by atoms with van der Waals surface area (Å²) in [4.78, 5) is 12.0. The number of rotatable bonds is 3. The highest BCUT2D eigenvalue weighted by atomic mass is 35.5. The second kappa shape index (κ2) is 5.67. The molecular formula is C13H13ClN4O. The molecule has 1 aromatic carbocycles. The molecule has 1 unspecified atom stereocenters. The molecule has 1 atom stereocenters. The van der Waals surface area contributed by atoms with Crippen molar-refractivity contribution in [3.63, 3.8) is 0 Å². The summed E-state index contributed by atoms with van der Waals surface area (Å²) >= 11 is 6.07. The van der Waals surface area contributed by atoms with E-state index in [2.05, 4.69) is 15.5 Å². The second-order valence-electron chi connectivity index (χ2n) is 4.06. The number of nitrogen functional groups attached to an aromatic ring is 1. The number of carbonyl (C=O) groups is 1. The zero-order valence-electron chi connectivity index (χ0n) is 10.3. The third-order valence-electron chi connectivity index (χ3n) is 2.64. The molecule has 0 aliphatic rings. The lowest BCUT2D eigenvalue weighted by molar-refractivity contribution is 0.0934. The van der Waals surface area contributed by atoms with Gasteiger partial charge in [0.25, 0.3) is 5.91 Å². The fraction of sp³-hybridized carbons (Fsp3) is 0.154. The first-order valence-electron chi connectivity index (χ1n) is 5.72. The minimum atomic E-state index is -0.320. The molecule has 1 amide bonds. The van der Waals surface area contributed by atoms with Crippen LogP contribution in [-0.4, -0.2) is 16.1 Å². The molecular weight excluding hydrogens is 264 g/mol. The van der Waals surface area contributed by atoms with Crippen LogP contribution in [0.3, 0.4) is 0 Å². The predicted octanol–water partition coefficient (Wildman–Crippen LogP) is 2.20. The topological polar surface area (TPSA) is 80.9 Å². The number of nitrogens with zero attached hydrogens (tertiary/aromatic N) is 2. The van der Waals surface area contributed by atoms with Gasteiger partial charge >= 0.3 is 0 Å². The van der Waals surface area contributed by atoms with Gasteiger partial charge in [0.15, 0.2) is 5.69 Å². The Morgan fingerprint density at radius 1 is 1.26 bits per heavy atom. The number of hydrogen-bond donors (Lipinski definition) is 2. The van der Waals surface area contributed by atoms with Gasteiger partial charge in [-0.3, -0.25) is 4.79 Å². The summed E-state index contributed by atoms with van der Waals surface area (Å²) in [6, 6.07) is 10.2. The molecule has 2 aromatic rings. The number of anilines is 1. The van der Waals surface area contributed by atoms with Crippen LogP contribution in [0.15, 0.2) is 36.4 Å². The Morgan fingerprint density at radius 2 is 2.00 bits per heavy atom. The van der Waals surface area contributed by atoms with Gasteiger partial charge in [-0.15, -0.1) is 10.2 Å². The number of amides is 1. The number of hydrogen-bond acceptors (Lipinski definition) is 4. The summed E-state index contributed by atoms with van der Waals surface area (Å²) in [7, 11) is 0. The summed E-state index contributed by atoms with van der Waals surface area (Å²) < 4.78 is 0. The minimum absolute atomic E-state index is 0.216. The Hall–Kier alpha value is -2.14. The van der Waals surface area contributed by atoms with Crippen LogP contribution in [-0.2, 0) is 0 Å². The predicted molar refractivity (Wildman–Crippen MR) is 73.8 cm³/mol. The molecule has 0 bridgehead atoms. The number of aromatic nitrogens is 2. The SMILES string of the molecule is CC(NC(=O)c1ccc(N)nn1)c1ccccc1Cl. The molecule has 0 aliphatic heterocycles. The standard InChI is InChI=1S/C13H13ClN4O/c1-8(9-4-2-3-5-10(9)14)16-13(19)11-6-7-12(15)18-17-11/h2-8H,1H3,(H2,15,18)(H,16,19). The highest BCUT2D eigenvalue weighted by Gasteiger charge is 2.14. The van der Waals surface area contributed by atoms with E-state index in [1.54, 1.807) is 6.07 Å². The molecule has 0 radical (unpaired) electrons. The van der Waals surface area contributed by atoms with Gasteiger partial charge in [0.05, 0.1) is 6.04 Å². The van der Waals surface area contributed by atoms with Gasteiger partial charge in [-0.25, -0.2) is 0 Å². The second-order valence-corrected chi connectivity index (χ2v) is 4.47. The van der Waals surface area contributed by atoms with Crippen molar-refractivity contribution in [2.24, 2.45) is 0 Å². The lowest BCUT2D eigenvalue weighted by atomic mass is 10.1. The molecule has 0 saturated carbocycles. The summed E-state index contributed by atoms with van der Waals surface area (Å²) in [5, 5.41) is 10.8. The summed E-state index contributed by atoms with van der Waals surface area (Å²) in [6.45, 7) is 1.85. The quantitative estimate of drug-likeness (QED) is 0.900. The van der Waals surface area contributed by atoms with Crippen LogP contribution in [0.4, 0.5) is 5.82 Å². The van der Waals surface area contributed by atoms with Crippen molar-refractivity contribution in [3.8, 4) is 0 Å². The van der Waals surface area contributed by atoms with Crippen LogP contribution >= 0.6 is 11.6 Å². The van der Waals surface area contributed by atoms with Crippen molar-refractivity contribution in [2.75, 3.05) is 5.73 Å². The molecule has 98 valence electrons. The Bertz CT molecular complexity index is 585. The van der Waals surface area contributed by atoms with Gasteiger partial charge < -0.3 is 11.1 Å². The maximum Gasteiger partial charge on any atom is 0.272 e. The van der Waals surface area contributed by atoms with Crippen LogP contribution in [0.25, 0.3) is 0 Å². The first kappa shape index (κ1) is 13.3. The first-order valence-corrected chi connectivity index (χ1v) is 6.10. The van der Waals surface area contributed by atoms with E-state index in [0.29, 0.717) is 5.02 Å². The van der Waals surface area contributed by atoms with Gasteiger partial charge in [-0.05, 0) is 30.7 Å². The molecule has 3 N–H and O–H groups in total. The van der Waals surface area contributed by atoms with Crippen LogP contribution in [0, 0.1) is 0 Å². The van der Waals surface area contributed by atoms with E-state index in [-0.39, 0.29) is 23.5 Å². The average molecular weight is 277 g/mol. The number of benzene rings is 1. The maximum absolute atomic E-state index is 12.0. The fourth-order valence-electron chi connectivity index (χ4n) is 1.64. The van der Waals surface area contributed by atoms with E-state index in [9.17, 15) is 4.79 Å². The monoisotopic (exact) mass is 276 g/mol. The van der Waals surface area contributed by atoms with Crippen LogP contribution < -0.4 is 11.1 Å². The van der Waals surface area contributed by atoms with Crippen molar-refractivity contribution >= 4 is 23.3 Å². The molecule has 2 rings (SSSR count). The van der Waals surface area contributed by atoms with Crippen molar-refractivity contribution in [3.05, 3.63) is 52.7 Å². The van der Waals surface area contributed by atoms with E-state index in [1.807, 2.05) is 25.1 Å². The molecule has 5 nitrogen and oxygen atoms in total. The van der Waals surface area contributed by atoms with Crippen LogP contribution in [0.1, 0.15) is 29.0 Å². The van der Waals surface area contributed by atoms with E-state index in [4.69, 9.17) is 17.3 Å². The fourth-order valence-corrected chi connectivity index (χ4v) is 1.94. The number of halogens is 1. The van der Waals surface area contributed by atoms with Gasteiger partial charge in [0.2, 0.25) is 0 Å². The number of nitrogens with one attached hydrogen (secondary N) is 1. The summed E-state index contributed by atoms with van der Waals surface area (Å²) in [6.07, 6.45) is 0. The van der Waals surface area contributed by atoms with Gasteiger partial charge in [-0.2, -0.15) is 0 Å². The number of carbonyl (C=O) groups excluding carboxylic acids is 1. The van der Waals surface area contributed by atoms with Crippen molar-refractivity contribution in [1.82, 2.24) is 15.5 Å². The van der Waals surface area contributed by atoms with E-state index >= 15 is 0 Å². The first-order chi connectivity index (χ1) is 9.08. The zero-order valence-corrected chi connectivity index (χ0v) is 11.1. The third-order valence-corrected chi connectivity index (χ3v) is 2.98. The van der Waals surface area contributed by atoms with Gasteiger partial charge in [0.1, 0.15) is 5.82 Å². The van der Waals surface area contributed by atoms with Gasteiger partial charge in [0, 0.05) is 5.02 Å². The molecule has 0 spiro atoms. The number of nitrogens with two attached hydrogens (primary N) is 1. The average Bonchev–Trinajstić information content (AvgIpc) is 2.39. The largest absolute Gasteiger partial charge is 0.382 e. The smallest absolute Gasteiger partial charge is 0.272 e. The van der Waals surface area contributed by atoms with Crippen LogP contribution in [0.5, 0.6) is 0 Å². The Labute approximate surface area is 115 Å². The Balaban J connectivity index is 2.11. The maximum atomic E-state index is 12.0. The summed E-state index contributed by atoms with van der Waals surface area (Å²) in [5.41, 5.74) is 6.48. The Kier molecular flexibility index (Phi) is 3.97. The third kappa shape index (κ3) is 3.20. The minimum Gasteiger partial charge on any atom is -0.382 e. The van der Waals surface area contributed by atoms with E-state index in [1.165, 1.54) is 12.1 Å². The summed E-state index contributed by atoms with van der Waals surface area (Å²) in [5.74, 6) is -0.0457. The molecule has 1 heterocycles. The zero-order chi connectivity index (χ0) is 13.8. The van der Waals surface area contributed by atoms with Gasteiger partial charge in [-0.1, -0.05) is 29.8 Å². The van der Waals surface area contributed by atoms with Crippen molar-refractivity contribution < 1.29 is 4.79 Å². The molecule has 6 heteroatoms. The van der Waals surface area contributed by atoms with Crippen LogP contribution in [0.2, 0.25) is 5.02 Å². The lowest BCUT2D eigenvalue weighted by Gasteiger charge is -2.15. The lowest BCUT2D eigenvalue weighted by Crippen LogP contribution is -2.27. The molecule has 0 saturated heterocycles. The normalized spacial score (nSPS) is 11.9. The molecule has 0 fully saturated rings. The van der Waals surface area contributed by atoms with Crippen molar-refractivity contribution in [2.45, 2.75) is 13.0 Å². The molecule has 19 heavy (non-hydrogen) atoms. The highest BCUT2D eigenvalue weighted by Crippen LogP contribution is 2.22. The molecule has 1 aromatic heterocycles. The van der Waals surface area contributed by atoms with Crippen molar-refractivity contribution in [1.29, 1.82) is 0 Å². The van der Waals surface area contributed by atoms with E-state index in [0.717, 1.165) is 5.56 Å².